The lowest BCUT2D eigenvalue weighted by Gasteiger charge is -2.11. The van der Waals surface area contributed by atoms with Gasteiger partial charge in [0, 0.05) is 22.9 Å². The van der Waals surface area contributed by atoms with Gasteiger partial charge in [0.25, 0.3) is 0 Å². The molecule has 29 heavy (non-hydrogen) atoms. The van der Waals surface area contributed by atoms with Gasteiger partial charge in [-0.1, -0.05) is 0 Å². The van der Waals surface area contributed by atoms with Gasteiger partial charge in [-0.25, -0.2) is 9.37 Å². The van der Waals surface area contributed by atoms with Crippen molar-refractivity contribution >= 4 is 18.0 Å². The Morgan fingerprint density at radius 1 is 1.03 bits per heavy atom. The summed E-state index contributed by atoms with van der Waals surface area (Å²) in [5.41, 5.74) is -1.21. The van der Waals surface area contributed by atoms with Gasteiger partial charge < -0.3 is 0 Å². The Morgan fingerprint density at radius 2 is 1.72 bits per heavy atom. The van der Waals surface area contributed by atoms with Crippen LogP contribution in [0.3, 0.4) is 0 Å². The van der Waals surface area contributed by atoms with E-state index in [1.807, 2.05) is 6.07 Å². The number of nitrogens with zero attached hydrogens (tertiary/aromatic N) is 5. The van der Waals surface area contributed by atoms with Gasteiger partial charge in [-0.05, 0) is 36.4 Å². The zero-order valence-corrected chi connectivity index (χ0v) is 15.0. The molecule has 0 atom stereocenters. The van der Waals surface area contributed by atoms with Crippen molar-refractivity contribution in [2.45, 2.75) is 6.18 Å². The molecule has 0 N–H and O–H groups in total. The second-order valence-electron chi connectivity index (χ2n) is 5.92. The number of nitriles is 1. The summed E-state index contributed by atoms with van der Waals surface area (Å²) in [5, 5.41) is 12.9. The molecule has 0 radical (unpaired) electrons. The summed E-state index contributed by atoms with van der Waals surface area (Å²) < 4.78 is 69.5. The van der Waals surface area contributed by atoms with Crippen molar-refractivity contribution < 1.29 is 21.4 Å². The Labute approximate surface area is 164 Å². The molecular weight excluding hydrogens is 413 g/mol. The molecule has 0 unspecified atom stereocenters. The van der Waals surface area contributed by atoms with Gasteiger partial charge in [0.1, 0.15) is 28.9 Å². The summed E-state index contributed by atoms with van der Waals surface area (Å²) in [7, 11) is 0. The first kappa shape index (κ1) is 18.9. The molecule has 3 aromatic heterocycles. The van der Waals surface area contributed by atoms with Crippen LogP contribution in [0.15, 0.2) is 48.8 Å². The number of hydrogen-bond donors (Lipinski definition) is 0. The molecule has 4 aromatic rings. The third-order valence-electron chi connectivity index (χ3n) is 4.22. The van der Waals surface area contributed by atoms with E-state index in [4.69, 9.17) is 0 Å². The third kappa shape index (κ3) is 3.21. The minimum atomic E-state index is -4.93. The van der Waals surface area contributed by atoms with Crippen LogP contribution < -0.4 is 0 Å². The number of alkyl halides is 3. The molecule has 1 aromatic carbocycles. The number of hydrogen-bond acceptors (Lipinski definition) is 4. The molecule has 0 fully saturated rings. The van der Waals surface area contributed by atoms with Crippen molar-refractivity contribution in [1.82, 2.24) is 18.6 Å². The fraction of sp³-hybridized carbons (Fsp3) is 0.0556. The zero-order valence-electron chi connectivity index (χ0n) is 14.2. The molecule has 0 saturated heterocycles. The Kier molecular flexibility index (Phi) is 4.50. The lowest BCUT2D eigenvalue weighted by Crippen LogP contribution is -2.11. The minimum Gasteiger partial charge on any atom is -0.291 e. The first-order valence-corrected chi connectivity index (χ1v) is 8.63. The van der Waals surface area contributed by atoms with Crippen LogP contribution in [0.25, 0.3) is 28.0 Å². The lowest BCUT2D eigenvalue weighted by molar-refractivity contribution is -0.141. The summed E-state index contributed by atoms with van der Waals surface area (Å²) >= 11 is -0.697. The average molecular weight is 421 g/mol. The second kappa shape index (κ2) is 6.89. The van der Waals surface area contributed by atoms with Crippen molar-refractivity contribution in [1.29, 1.82) is 5.26 Å². The van der Waals surface area contributed by atoms with E-state index in [0.29, 0.717) is 5.65 Å². The highest BCUT2D eigenvalue weighted by molar-refractivity contribution is 7.92. The summed E-state index contributed by atoms with van der Waals surface area (Å²) in [6, 6.07) is 9.35. The summed E-state index contributed by atoms with van der Waals surface area (Å²) in [4.78, 5) is 4.00. The number of imidazole rings is 1. The topological polar surface area (TPSA) is 58.9 Å². The molecule has 5 nitrogen and oxygen atoms in total. The number of halogens is 5. The lowest BCUT2D eigenvalue weighted by atomic mass is 10.00. The maximum atomic E-state index is 13.8. The van der Waals surface area contributed by atoms with Crippen molar-refractivity contribution in [3.05, 3.63) is 66.0 Å². The molecule has 0 aliphatic rings. The molecule has 4 rings (SSSR count). The van der Waals surface area contributed by atoms with Gasteiger partial charge >= 0.3 is 6.18 Å². The van der Waals surface area contributed by atoms with E-state index in [1.54, 1.807) is 0 Å². The third-order valence-corrected chi connectivity index (χ3v) is 4.61. The molecule has 0 bridgehead atoms. The highest BCUT2D eigenvalue weighted by Crippen LogP contribution is 2.44. The van der Waals surface area contributed by atoms with E-state index < -0.39 is 35.6 Å². The zero-order chi connectivity index (χ0) is 20.8. The molecule has 11 heteroatoms. The number of aromatic nitrogens is 4. The van der Waals surface area contributed by atoms with Gasteiger partial charge in [0.15, 0.2) is 18.0 Å². The molecule has 3 heterocycles. The average Bonchev–Trinajstić information content (AvgIpc) is 3.29. The fourth-order valence-corrected chi connectivity index (χ4v) is 3.37. The van der Waals surface area contributed by atoms with E-state index in [9.17, 15) is 26.7 Å². The number of benzene rings is 1. The van der Waals surface area contributed by atoms with Crippen LogP contribution >= 0.6 is 12.3 Å². The van der Waals surface area contributed by atoms with Crippen molar-refractivity contribution in [2.24, 2.45) is 0 Å². The SMILES string of the molecule is N#Cc1cnc2ccc(-c3c(-c4ccc(F)cc4)nn(SF)c3C(F)(F)F)cn12. The predicted molar refractivity (Wildman–Crippen MR) is 95.6 cm³/mol. The maximum Gasteiger partial charge on any atom is 0.434 e. The van der Waals surface area contributed by atoms with Crippen LogP contribution in [-0.2, 0) is 6.18 Å². The highest BCUT2D eigenvalue weighted by atomic mass is 32.2. The molecule has 0 amide bonds. The Morgan fingerprint density at radius 3 is 2.34 bits per heavy atom. The maximum absolute atomic E-state index is 13.8. The normalized spacial score (nSPS) is 11.7. The number of fused-ring (bicyclic) bond motifs is 1. The summed E-state index contributed by atoms with van der Waals surface area (Å²) in [5.74, 6) is -0.579. The van der Waals surface area contributed by atoms with E-state index >= 15 is 0 Å². The van der Waals surface area contributed by atoms with Gasteiger partial charge in [0.2, 0.25) is 0 Å². The Bertz CT molecular complexity index is 1250. The van der Waals surface area contributed by atoms with Crippen LogP contribution in [0, 0.1) is 17.1 Å². The van der Waals surface area contributed by atoms with Crippen LogP contribution in [-0.4, -0.2) is 18.6 Å². The Balaban J connectivity index is 2.06. The van der Waals surface area contributed by atoms with Gasteiger partial charge in [-0.15, -0.1) is 3.89 Å². The van der Waals surface area contributed by atoms with Crippen LogP contribution in [0.2, 0.25) is 0 Å². The molecule has 0 aliphatic heterocycles. The van der Waals surface area contributed by atoms with Crippen molar-refractivity contribution in [2.75, 3.05) is 0 Å². The number of pyridine rings is 1. The van der Waals surface area contributed by atoms with Crippen LogP contribution in [0.1, 0.15) is 11.4 Å². The van der Waals surface area contributed by atoms with E-state index in [1.165, 1.54) is 41.1 Å². The molecule has 0 aliphatic carbocycles. The quantitative estimate of drug-likeness (QED) is 0.423. The second-order valence-corrected chi connectivity index (χ2v) is 6.40. The van der Waals surface area contributed by atoms with E-state index in [-0.39, 0.29) is 26.6 Å². The highest BCUT2D eigenvalue weighted by Gasteiger charge is 2.41. The predicted octanol–water partition coefficient (Wildman–Crippen LogP) is 5.28. The van der Waals surface area contributed by atoms with Gasteiger partial charge in [-0.3, -0.25) is 4.40 Å². The van der Waals surface area contributed by atoms with Gasteiger partial charge in [-0.2, -0.15) is 27.6 Å². The Hall–Kier alpha value is -3.39. The summed E-state index contributed by atoms with van der Waals surface area (Å²) in [6.45, 7) is 0. The van der Waals surface area contributed by atoms with Crippen molar-refractivity contribution in [3.8, 4) is 28.5 Å². The van der Waals surface area contributed by atoms with Crippen LogP contribution in [0.4, 0.5) is 21.4 Å². The van der Waals surface area contributed by atoms with Crippen molar-refractivity contribution in [3.63, 3.8) is 0 Å². The standard InChI is InChI=1S/C18H8F5N5S/c19-12-4-1-10(2-5-12)16-15(17(18(20,21)22)28(26-16)29-23)11-3-6-14-25-8-13(7-24)27(14)9-11/h1-6,8-9H. The first-order valence-electron chi connectivity index (χ1n) is 7.96. The first-order chi connectivity index (χ1) is 13.8. The monoisotopic (exact) mass is 421 g/mol. The minimum absolute atomic E-state index is 0.0407. The largest absolute Gasteiger partial charge is 0.434 e. The molecule has 0 saturated carbocycles. The molecule has 146 valence electrons. The fourth-order valence-electron chi connectivity index (χ4n) is 2.99. The molecule has 0 spiro atoms. The van der Waals surface area contributed by atoms with E-state index in [0.717, 1.165) is 12.1 Å². The van der Waals surface area contributed by atoms with Gasteiger partial charge in [0.05, 0.1) is 6.20 Å². The van der Waals surface area contributed by atoms with E-state index in [2.05, 4.69) is 10.1 Å². The van der Waals surface area contributed by atoms with Crippen LogP contribution in [0.5, 0.6) is 0 Å². The molecular formula is C18H8F5N5S. The number of rotatable bonds is 3. The smallest absolute Gasteiger partial charge is 0.291 e. The summed E-state index contributed by atoms with van der Waals surface area (Å²) in [6.07, 6.45) is -2.35.